The molecule has 1 aliphatic heterocycles. The fraction of sp³-hybridized carbons (Fsp3) is 0.778. The van der Waals surface area contributed by atoms with Gasteiger partial charge in [-0.05, 0) is 27.6 Å². The van der Waals surface area contributed by atoms with Gasteiger partial charge in [0.25, 0.3) is 0 Å². The van der Waals surface area contributed by atoms with Crippen molar-refractivity contribution < 1.29 is 4.43 Å². The monoisotopic (exact) mass is 446 g/mol. The van der Waals surface area contributed by atoms with Gasteiger partial charge in [0.2, 0.25) is 8.32 Å². The Morgan fingerprint density at radius 1 is 0.833 bits per heavy atom. The van der Waals surface area contributed by atoms with Gasteiger partial charge in [-0.15, -0.1) is 0 Å². The Morgan fingerprint density at radius 3 is 1.63 bits per heavy atom. The molecule has 0 spiro atoms. The lowest BCUT2D eigenvalue weighted by Crippen LogP contribution is -2.52. The van der Waals surface area contributed by atoms with Crippen molar-refractivity contribution in [1.29, 1.82) is 0 Å². The van der Waals surface area contributed by atoms with Gasteiger partial charge in [0.15, 0.2) is 0 Å². The molecule has 30 heavy (non-hydrogen) atoms. The third-order valence-corrected chi connectivity index (χ3v) is 23.0. The molecule has 3 heteroatoms. The van der Waals surface area contributed by atoms with Crippen molar-refractivity contribution in [3.63, 3.8) is 0 Å². The summed E-state index contributed by atoms with van der Waals surface area (Å²) in [6.45, 7) is 29.8. The first kappa shape index (κ1) is 25.9. The van der Waals surface area contributed by atoms with Crippen molar-refractivity contribution in [2.45, 2.75) is 128 Å². The lowest BCUT2D eigenvalue weighted by atomic mass is 9.99. The average Bonchev–Trinajstić information content (AvgIpc) is 3.00. The maximum Gasteiger partial charge on any atom is 0.204 e. The van der Waals surface area contributed by atoms with Crippen LogP contribution >= 0.6 is 0 Å². The van der Waals surface area contributed by atoms with Crippen LogP contribution in [0.25, 0.3) is 0 Å². The van der Waals surface area contributed by atoms with Crippen molar-refractivity contribution in [1.82, 2.24) is 0 Å². The van der Waals surface area contributed by atoms with Crippen molar-refractivity contribution in [2.75, 3.05) is 0 Å². The highest BCUT2D eigenvalue weighted by Crippen LogP contribution is 2.64. The van der Waals surface area contributed by atoms with Gasteiger partial charge in [-0.25, -0.2) is 0 Å². The van der Waals surface area contributed by atoms with E-state index < -0.39 is 16.4 Å². The van der Waals surface area contributed by atoms with E-state index in [0.717, 1.165) is 16.6 Å². The molecule has 1 fully saturated rings. The smallest absolute Gasteiger partial charge is 0.204 e. The van der Waals surface area contributed by atoms with Crippen molar-refractivity contribution in [3.05, 3.63) is 35.9 Å². The molecule has 0 bridgehead atoms. The van der Waals surface area contributed by atoms with E-state index in [9.17, 15) is 0 Å². The Morgan fingerprint density at radius 2 is 1.27 bits per heavy atom. The molecule has 1 nitrogen and oxygen atoms in total. The standard InChI is InChI=1S/C27H50OSi2/c1-20(2)29(21(3)4,22(5)6)18-24-19-30(26(7,8)9,27(10,11)12)28-25(24)23-16-14-13-15-17-23/h13-17,20-22,24-25H,18-19H2,1-12H3/t24-,25+/m0/s1. The van der Waals surface area contributed by atoms with Crippen LogP contribution in [0.5, 0.6) is 0 Å². The Kier molecular flexibility index (Phi) is 7.64. The van der Waals surface area contributed by atoms with Crippen LogP contribution in [0, 0.1) is 5.92 Å². The number of hydrogen-bond donors (Lipinski definition) is 0. The lowest BCUT2D eigenvalue weighted by molar-refractivity contribution is 0.168. The molecule has 1 aliphatic rings. The van der Waals surface area contributed by atoms with Gasteiger partial charge in [-0.1, -0.05) is 136 Å². The van der Waals surface area contributed by atoms with Gasteiger partial charge in [0.1, 0.15) is 0 Å². The topological polar surface area (TPSA) is 9.23 Å². The normalized spacial score (nSPS) is 23.0. The molecular weight excluding hydrogens is 396 g/mol. The van der Waals surface area contributed by atoms with Gasteiger partial charge < -0.3 is 4.43 Å². The SMILES string of the molecule is CC(C)[Si](C[C@H]1C[Si](C(C)(C)C)(C(C)(C)C)O[C@@H]1c1ccccc1)(C(C)C)C(C)C. The lowest BCUT2D eigenvalue weighted by Gasteiger charge is -2.48. The quantitative estimate of drug-likeness (QED) is 0.395. The predicted octanol–water partition coefficient (Wildman–Crippen LogP) is 9.60. The summed E-state index contributed by atoms with van der Waals surface area (Å²) in [6, 6.07) is 13.9. The van der Waals surface area contributed by atoms with Gasteiger partial charge in [-0.2, -0.15) is 0 Å². The Labute approximate surface area is 190 Å². The van der Waals surface area contributed by atoms with Crippen LogP contribution in [0.1, 0.15) is 94.8 Å². The van der Waals surface area contributed by atoms with Crippen LogP contribution in [0.4, 0.5) is 0 Å². The van der Waals surface area contributed by atoms with Crippen molar-refractivity contribution in [2.24, 2.45) is 5.92 Å². The Balaban J connectivity index is 2.62. The van der Waals surface area contributed by atoms with Crippen LogP contribution in [0.2, 0.25) is 38.8 Å². The third-order valence-electron chi connectivity index (χ3n) is 8.70. The summed E-state index contributed by atoms with van der Waals surface area (Å²) < 4.78 is 7.42. The largest absolute Gasteiger partial charge is 0.409 e. The minimum Gasteiger partial charge on any atom is -0.409 e. The zero-order valence-electron chi connectivity index (χ0n) is 22.1. The maximum atomic E-state index is 7.42. The van der Waals surface area contributed by atoms with Crippen LogP contribution in [-0.2, 0) is 4.43 Å². The fourth-order valence-electron chi connectivity index (χ4n) is 7.25. The first-order valence-electron chi connectivity index (χ1n) is 12.3. The molecule has 0 aromatic heterocycles. The molecule has 0 amide bonds. The van der Waals surface area contributed by atoms with Gasteiger partial charge in [-0.3, -0.25) is 0 Å². The number of rotatable bonds is 6. The highest BCUT2D eigenvalue weighted by Gasteiger charge is 2.63. The van der Waals surface area contributed by atoms with E-state index in [-0.39, 0.29) is 16.2 Å². The molecule has 1 aromatic carbocycles. The molecule has 0 radical (unpaired) electrons. The fourth-order valence-corrected chi connectivity index (χ4v) is 20.4. The molecule has 2 atom stereocenters. The van der Waals surface area contributed by atoms with E-state index in [1.165, 1.54) is 17.7 Å². The predicted molar refractivity (Wildman–Crippen MR) is 140 cm³/mol. The maximum absolute atomic E-state index is 7.42. The van der Waals surface area contributed by atoms with Gasteiger partial charge in [0, 0.05) is 0 Å². The highest BCUT2D eigenvalue weighted by molar-refractivity contribution is 6.84. The number of benzene rings is 1. The van der Waals surface area contributed by atoms with Crippen molar-refractivity contribution in [3.8, 4) is 0 Å². The first-order valence-corrected chi connectivity index (χ1v) is 16.9. The summed E-state index contributed by atoms with van der Waals surface area (Å²) >= 11 is 0. The Hall–Kier alpha value is -0.386. The van der Waals surface area contributed by atoms with Gasteiger partial charge in [0.05, 0.1) is 14.2 Å². The number of hydrogen-bond acceptors (Lipinski definition) is 1. The summed E-state index contributed by atoms with van der Waals surface area (Å²) in [4.78, 5) is 0. The van der Waals surface area contributed by atoms with Gasteiger partial charge >= 0.3 is 0 Å². The molecule has 0 N–H and O–H groups in total. The molecular formula is C27H50OSi2. The second-order valence-electron chi connectivity index (χ2n) is 13.0. The summed E-state index contributed by atoms with van der Waals surface area (Å²) in [5.41, 5.74) is 3.81. The van der Waals surface area contributed by atoms with Crippen LogP contribution in [0.3, 0.4) is 0 Å². The first-order chi connectivity index (χ1) is 13.6. The van der Waals surface area contributed by atoms with E-state index in [4.69, 9.17) is 4.43 Å². The average molecular weight is 447 g/mol. The molecule has 0 unspecified atom stereocenters. The Bertz CT molecular complexity index is 643. The molecule has 1 heterocycles. The highest BCUT2D eigenvalue weighted by atomic mass is 28.4. The van der Waals surface area contributed by atoms with E-state index >= 15 is 0 Å². The zero-order chi connectivity index (χ0) is 23.1. The van der Waals surface area contributed by atoms with Crippen LogP contribution in [-0.4, -0.2) is 16.4 Å². The molecule has 1 aromatic rings. The summed E-state index contributed by atoms with van der Waals surface area (Å²) in [7, 11) is -3.53. The summed E-state index contributed by atoms with van der Waals surface area (Å²) in [5, 5.41) is 0.454. The van der Waals surface area contributed by atoms with Crippen molar-refractivity contribution >= 4 is 16.4 Å². The van der Waals surface area contributed by atoms with Crippen LogP contribution < -0.4 is 0 Å². The van der Waals surface area contributed by atoms with E-state index in [2.05, 4.69) is 113 Å². The van der Waals surface area contributed by atoms with E-state index in [0.29, 0.717) is 5.92 Å². The molecule has 2 rings (SSSR count). The van der Waals surface area contributed by atoms with Crippen LogP contribution in [0.15, 0.2) is 30.3 Å². The molecule has 0 saturated carbocycles. The van der Waals surface area contributed by atoms with E-state index in [1.807, 2.05) is 0 Å². The minimum atomic E-state index is -2.03. The minimum absolute atomic E-state index is 0.227. The molecule has 1 saturated heterocycles. The van der Waals surface area contributed by atoms with E-state index in [1.54, 1.807) is 0 Å². The third kappa shape index (κ3) is 4.41. The summed E-state index contributed by atoms with van der Waals surface area (Å²) in [6.07, 6.45) is 0.263. The second kappa shape index (κ2) is 8.86. The second-order valence-corrected chi connectivity index (χ2v) is 24.4. The summed E-state index contributed by atoms with van der Waals surface area (Å²) in [5.74, 6) is 0.649. The molecule has 172 valence electrons. The zero-order valence-corrected chi connectivity index (χ0v) is 24.1. The molecule has 0 aliphatic carbocycles.